The summed E-state index contributed by atoms with van der Waals surface area (Å²) >= 11 is 3.21. The smallest absolute Gasteiger partial charge is 0.252 e. The lowest BCUT2D eigenvalue weighted by atomic mass is 10.1. The van der Waals surface area contributed by atoms with Crippen molar-refractivity contribution in [1.82, 2.24) is 5.32 Å². The molecule has 1 unspecified atom stereocenters. The van der Waals surface area contributed by atoms with Crippen LogP contribution in [0.25, 0.3) is 0 Å². The van der Waals surface area contributed by atoms with E-state index < -0.39 is 0 Å². The monoisotopic (exact) mass is 318 g/mol. The third kappa shape index (κ3) is 3.94. The third-order valence-corrected chi connectivity index (χ3v) is 4.90. The zero-order chi connectivity index (χ0) is 15.4. The molecule has 0 radical (unpaired) electrons. The molecule has 0 spiro atoms. The van der Waals surface area contributed by atoms with Gasteiger partial charge in [0.05, 0.1) is 23.0 Å². The van der Waals surface area contributed by atoms with Crippen LogP contribution in [0.1, 0.15) is 43.5 Å². The first-order valence-corrected chi connectivity index (χ1v) is 8.36. The predicted molar refractivity (Wildman–Crippen MR) is 89.9 cm³/mol. The van der Waals surface area contributed by atoms with E-state index >= 15 is 0 Å². The molecule has 5 heteroatoms. The van der Waals surface area contributed by atoms with Crippen LogP contribution in [0.15, 0.2) is 17.5 Å². The van der Waals surface area contributed by atoms with Crippen LogP contribution in [-0.4, -0.2) is 12.5 Å². The summed E-state index contributed by atoms with van der Waals surface area (Å²) in [5.74, 6) is 5.67. The molecule has 2 aromatic heterocycles. The Morgan fingerprint density at radius 2 is 2.19 bits per heavy atom. The van der Waals surface area contributed by atoms with Crippen LogP contribution in [0.3, 0.4) is 0 Å². The number of nitrogens with two attached hydrogens (primary N) is 1. The fourth-order valence-electron chi connectivity index (χ4n) is 2.10. The molecule has 0 saturated carbocycles. The Kier molecular flexibility index (Phi) is 5.18. The van der Waals surface area contributed by atoms with Crippen LogP contribution in [-0.2, 0) is 0 Å². The highest BCUT2D eigenvalue weighted by Gasteiger charge is 2.15. The van der Waals surface area contributed by atoms with Gasteiger partial charge in [0.25, 0.3) is 5.91 Å². The number of nitrogens with one attached hydrogen (secondary N) is 1. The highest BCUT2D eigenvalue weighted by molar-refractivity contribution is 7.12. The lowest BCUT2D eigenvalue weighted by Crippen LogP contribution is -2.26. The molecule has 0 aliphatic carbocycles. The van der Waals surface area contributed by atoms with E-state index in [0.29, 0.717) is 12.1 Å². The molecular weight excluding hydrogens is 300 g/mol. The van der Waals surface area contributed by atoms with Crippen molar-refractivity contribution in [3.8, 4) is 11.8 Å². The van der Waals surface area contributed by atoms with Crippen LogP contribution in [0.5, 0.6) is 0 Å². The third-order valence-electron chi connectivity index (χ3n) is 3.07. The maximum absolute atomic E-state index is 12.3. The largest absolute Gasteiger partial charge is 0.345 e. The van der Waals surface area contributed by atoms with Crippen molar-refractivity contribution in [3.63, 3.8) is 0 Å². The zero-order valence-electron chi connectivity index (χ0n) is 12.3. The molecule has 0 saturated heterocycles. The van der Waals surface area contributed by atoms with Gasteiger partial charge >= 0.3 is 0 Å². The molecular formula is C16H18N2OS2. The Morgan fingerprint density at radius 3 is 2.81 bits per heavy atom. The van der Waals surface area contributed by atoms with Crippen molar-refractivity contribution in [1.29, 1.82) is 0 Å². The highest BCUT2D eigenvalue weighted by Crippen LogP contribution is 2.26. The standard InChI is InChI=1S/C16H18N2OS2/c1-10-7-15(12(3)21-10)11(2)18-16(19)13-8-14(20-9-13)5-4-6-17/h7-9,11H,6,17H2,1-3H3,(H,18,19). The van der Waals surface area contributed by atoms with Gasteiger partial charge < -0.3 is 11.1 Å². The van der Waals surface area contributed by atoms with E-state index in [2.05, 4.69) is 37.1 Å². The van der Waals surface area contributed by atoms with Crippen molar-refractivity contribution >= 4 is 28.6 Å². The molecule has 2 heterocycles. The van der Waals surface area contributed by atoms with Crippen molar-refractivity contribution < 1.29 is 4.79 Å². The molecule has 110 valence electrons. The van der Waals surface area contributed by atoms with Gasteiger partial charge in [0.1, 0.15) is 0 Å². The van der Waals surface area contributed by atoms with Crippen LogP contribution in [0.4, 0.5) is 0 Å². The lowest BCUT2D eigenvalue weighted by Gasteiger charge is -2.13. The summed E-state index contributed by atoms with van der Waals surface area (Å²) in [6.07, 6.45) is 0. The molecule has 1 atom stereocenters. The van der Waals surface area contributed by atoms with E-state index in [1.165, 1.54) is 26.7 Å². The molecule has 21 heavy (non-hydrogen) atoms. The van der Waals surface area contributed by atoms with E-state index in [-0.39, 0.29) is 11.9 Å². The summed E-state index contributed by atoms with van der Waals surface area (Å²) in [6, 6.07) is 3.94. The summed E-state index contributed by atoms with van der Waals surface area (Å²) in [7, 11) is 0. The molecule has 0 aliphatic heterocycles. The van der Waals surface area contributed by atoms with Gasteiger partial charge in [-0.2, -0.15) is 0 Å². The quantitative estimate of drug-likeness (QED) is 0.854. The van der Waals surface area contributed by atoms with Gasteiger partial charge in [-0.15, -0.1) is 22.7 Å². The fourth-order valence-corrected chi connectivity index (χ4v) is 3.87. The van der Waals surface area contributed by atoms with Gasteiger partial charge in [-0.3, -0.25) is 4.79 Å². The van der Waals surface area contributed by atoms with Gasteiger partial charge in [-0.05, 0) is 38.5 Å². The van der Waals surface area contributed by atoms with Gasteiger partial charge in [-0.1, -0.05) is 11.8 Å². The first kappa shape index (κ1) is 15.8. The van der Waals surface area contributed by atoms with Crippen molar-refractivity contribution in [2.45, 2.75) is 26.8 Å². The van der Waals surface area contributed by atoms with Crippen LogP contribution in [0.2, 0.25) is 0 Å². The number of hydrogen-bond donors (Lipinski definition) is 2. The SMILES string of the molecule is Cc1cc(C(C)NC(=O)c2csc(C#CCN)c2)c(C)s1. The second kappa shape index (κ2) is 6.90. The van der Waals surface area contributed by atoms with Crippen LogP contribution < -0.4 is 11.1 Å². The van der Waals surface area contributed by atoms with Crippen molar-refractivity contribution in [3.05, 3.63) is 43.3 Å². The van der Waals surface area contributed by atoms with E-state index in [1.807, 2.05) is 12.3 Å². The van der Waals surface area contributed by atoms with E-state index in [4.69, 9.17) is 5.73 Å². The van der Waals surface area contributed by atoms with Crippen LogP contribution in [0, 0.1) is 25.7 Å². The van der Waals surface area contributed by atoms with Crippen molar-refractivity contribution in [2.24, 2.45) is 5.73 Å². The normalized spacial score (nSPS) is 11.6. The molecule has 0 aromatic carbocycles. The molecule has 3 N–H and O–H groups in total. The zero-order valence-corrected chi connectivity index (χ0v) is 14.0. The summed E-state index contributed by atoms with van der Waals surface area (Å²) < 4.78 is 0. The predicted octanol–water partition coefficient (Wildman–Crippen LogP) is 3.23. The number of amides is 1. The molecule has 0 bridgehead atoms. The number of carbonyl (C=O) groups is 1. The number of carbonyl (C=O) groups excluding carboxylic acids is 1. The van der Waals surface area contributed by atoms with Gasteiger partial charge in [0, 0.05) is 15.1 Å². The number of rotatable bonds is 3. The molecule has 0 fully saturated rings. The lowest BCUT2D eigenvalue weighted by molar-refractivity contribution is 0.0940. The topological polar surface area (TPSA) is 55.1 Å². The Hall–Kier alpha value is -1.61. The van der Waals surface area contributed by atoms with E-state index in [1.54, 1.807) is 17.4 Å². The Labute approximate surface area is 133 Å². The molecule has 2 aromatic rings. The summed E-state index contributed by atoms with van der Waals surface area (Å²) in [4.78, 5) is 15.6. The minimum absolute atomic E-state index is 0.000857. The van der Waals surface area contributed by atoms with E-state index in [0.717, 1.165) is 4.88 Å². The molecule has 1 amide bonds. The average Bonchev–Trinajstić information content (AvgIpc) is 3.03. The summed E-state index contributed by atoms with van der Waals surface area (Å²) in [5, 5.41) is 4.87. The number of aryl methyl sites for hydroxylation is 2. The Balaban J connectivity index is 2.07. The molecule has 3 nitrogen and oxygen atoms in total. The summed E-state index contributed by atoms with van der Waals surface area (Å²) in [6.45, 7) is 6.50. The Morgan fingerprint density at radius 1 is 1.43 bits per heavy atom. The van der Waals surface area contributed by atoms with Gasteiger partial charge in [-0.25, -0.2) is 0 Å². The number of hydrogen-bond acceptors (Lipinski definition) is 4. The maximum Gasteiger partial charge on any atom is 0.252 e. The minimum atomic E-state index is -0.0669. The first-order valence-electron chi connectivity index (χ1n) is 6.66. The first-order chi connectivity index (χ1) is 10.0. The van der Waals surface area contributed by atoms with E-state index in [9.17, 15) is 4.79 Å². The maximum atomic E-state index is 12.3. The van der Waals surface area contributed by atoms with Gasteiger partial charge in [0.15, 0.2) is 0 Å². The van der Waals surface area contributed by atoms with Crippen molar-refractivity contribution in [2.75, 3.05) is 6.54 Å². The van der Waals surface area contributed by atoms with Crippen LogP contribution >= 0.6 is 22.7 Å². The molecule has 0 aliphatic rings. The average molecular weight is 318 g/mol. The van der Waals surface area contributed by atoms with Gasteiger partial charge in [0.2, 0.25) is 0 Å². The molecule has 2 rings (SSSR count). The minimum Gasteiger partial charge on any atom is -0.345 e. The second-order valence-electron chi connectivity index (χ2n) is 4.77. The Bertz CT molecular complexity index is 703. The second-order valence-corrected chi connectivity index (χ2v) is 7.14. The fraction of sp³-hybridized carbons (Fsp3) is 0.312. The number of thiophene rings is 2. The highest BCUT2D eigenvalue weighted by atomic mass is 32.1. The summed E-state index contributed by atoms with van der Waals surface area (Å²) in [5.41, 5.74) is 7.18.